The predicted octanol–water partition coefficient (Wildman–Crippen LogP) is 4.28. The number of aromatic amines is 1. The Hall–Kier alpha value is -2.08. The van der Waals surface area contributed by atoms with Gasteiger partial charge in [-0.15, -0.1) is 0 Å². The molecule has 0 saturated heterocycles. The highest BCUT2D eigenvalue weighted by Gasteiger charge is 2.22. The maximum Gasteiger partial charge on any atom is 0.254 e. The molecule has 1 aliphatic carbocycles. The first-order chi connectivity index (χ1) is 13.0. The van der Waals surface area contributed by atoms with Gasteiger partial charge in [0, 0.05) is 11.3 Å². The maximum absolute atomic E-state index is 12.7. The van der Waals surface area contributed by atoms with Crippen molar-refractivity contribution in [1.82, 2.24) is 9.97 Å². The number of nitrogens with one attached hydrogen (secondary N) is 2. The van der Waals surface area contributed by atoms with Gasteiger partial charge in [0.25, 0.3) is 5.56 Å². The summed E-state index contributed by atoms with van der Waals surface area (Å²) >= 11 is 1.33. The second-order valence-corrected chi connectivity index (χ2v) is 8.48. The van der Waals surface area contributed by atoms with Crippen molar-refractivity contribution >= 4 is 23.4 Å². The monoisotopic (exact) mass is 385 g/mol. The van der Waals surface area contributed by atoms with Crippen LogP contribution in [0.4, 0.5) is 5.69 Å². The van der Waals surface area contributed by atoms with E-state index < -0.39 is 0 Å². The molecule has 3 rings (SSSR count). The second-order valence-electron chi connectivity index (χ2n) is 7.28. The Morgan fingerprint density at radius 1 is 1.22 bits per heavy atom. The molecule has 0 fully saturated rings. The van der Waals surface area contributed by atoms with E-state index >= 15 is 0 Å². The van der Waals surface area contributed by atoms with Crippen LogP contribution in [0.5, 0.6) is 0 Å². The summed E-state index contributed by atoms with van der Waals surface area (Å²) in [6, 6.07) is 7.95. The number of nitrogens with zero attached hydrogens (tertiary/aromatic N) is 1. The molecule has 5 nitrogen and oxygen atoms in total. The van der Waals surface area contributed by atoms with E-state index in [1.165, 1.54) is 17.3 Å². The second kappa shape index (κ2) is 8.74. The van der Waals surface area contributed by atoms with Gasteiger partial charge in [-0.05, 0) is 55.7 Å². The van der Waals surface area contributed by atoms with E-state index in [1.807, 2.05) is 31.2 Å². The Morgan fingerprint density at radius 3 is 2.59 bits per heavy atom. The van der Waals surface area contributed by atoms with Gasteiger partial charge in [-0.25, -0.2) is 4.98 Å². The molecule has 144 valence electrons. The van der Waals surface area contributed by atoms with Crippen LogP contribution in [0.2, 0.25) is 0 Å². The number of aryl methyl sites for hydroxylation is 1. The number of aromatic nitrogens is 2. The molecule has 1 aromatic carbocycles. The summed E-state index contributed by atoms with van der Waals surface area (Å²) in [6.45, 7) is 6.25. The fourth-order valence-corrected chi connectivity index (χ4v) is 4.18. The molecule has 0 saturated carbocycles. The minimum atomic E-state index is -0.306. The van der Waals surface area contributed by atoms with Crippen molar-refractivity contribution in [1.29, 1.82) is 0 Å². The molecule has 0 spiro atoms. The van der Waals surface area contributed by atoms with Crippen molar-refractivity contribution in [3.63, 3.8) is 0 Å². The molecular weight excluding hydrogens is 358 g/mol. The molecule has 27 heavy (non-hydrogen) atoms. The molecule has 1 heterocycles. The minimum Gasteiger partial charge on any atom is -0.325 e. The fourth-order valence-electron chi connectivity index (χ4n) is 3.27. The van der Waals surface area contributed by atoms with E-state index in [-0.39, 0.29) is 16.7 Å². The number of amides is 1. The van der Waals surface area contributed by atoms with Gasteiger partial charge >= 0.3 is 0 Å². The van der Waals surface area contributed by atoms with E-state index in [2.05, 4.69) is 29.1 Å². The number of fused-ring (bicyclic) bond motifs is 1. The summed E-state index contributed by atoms with van der Waals surface area (Å²) in [6.07, 6.45) is 4.41. The first kappa shape index (κ1) is 19.7. The van der Waals surface area contributed by atoms with Gasteiger partial charge in [0.15, 0.2) is 5.16 Å². The van der Waals surface area contributed by atoms with Crippen LogP contribution in [-0.4, -0.2) is 21.1 Å². The number of rotatable bonds is 6. The van der Waals surface area contributed by atoms with Gasteiger partial charge < -0.3 is 10.3 Å². The lowest BCUT2D eigenvalue weighted by molar-refractivity contribution is -0.115. The van der Waals surface area contributed by atoms with Crippen LogP contribution in [0, 0.1) is 0 Å². The van der Waals surface area contributed by atoms with E-state index in [4.69, 9.17) is 0 Å². The number of thioether (sulfide) groups is 1. The average molecular weight is 386 g/mol. The third-order valence-corrected chi connectivity index (χ3v) is 6.18. The minimum absolute atomic E-state index is 0.0539. The molecule has 1 aromatic heterocycles. The topological polar surface area (TPSA) is 74.8 Å². The first-order valence-corrected chi connectivity index (χ1v) is 10.6. The number of benzene rings is 1. The largest absolute Gasteiger partial charge is 0.325 e. The first-order valence-electron chi connectivity index (χ1n) is 9.67. The molecular formula is C21H27N3O2S. The molecule has 1 amide bonds. The third-order valence-electron chi connectivity index (χ3n) is 4.93. The van der Waals surface area contributed by atoms with Gasteiger partial charge in [0.1, 0.15) is 0 Å². The predicted molar refractivity (Wildman–Crippen MR) is 111 cm³/mol. The zero-order valence-corrected chi connectivity index (χ0v) is 17.0. The van der Waals surface area contributed by atoms with E-state index in [0.717, 1.165) is 42.6 Å². The van der Waals surface area contributed by atoms with Crippen molar-refractivity contribution in [3.8, 4) is 0 Å². The Morgan fingerprint density at radius 2 is 1.93 bits per heavy atom. The standard InChI is InChI=1S/C21H27N3O2S/c1-4-18(20(26)22-15-11-9-14(10-12-15)13(2)3)27-21-23-17-8-6-5-7-16(17)19(25)24-21/h9-13,18H,4-8H2,1-3H3,(H,22,26)(H,23,24,25)/t18-/m1/s1. The zero-order chi connectivity index (χ0) is 19.4. The lowest BCUT2D eigenvalue weighted by Gasteiger charge is -2.17. The molecule has 0 aliphatic heterocycles. The molecule has 0 bridgehead atoms. The summed E-state index contributed by atoms with van der Waals surface area (Å²) in [5.74, 6) is 0.390. The number of hydrogen-bond acceptors (Lipinski definition) is 4. The summed E-state index contributed by atoms with van der Waals surface area (Å²) < 4.78 is 0. The van der Waals surface area contributed by atoms with E-state index in [0.29, 0.717) is 17.5 Å². The summed E-state index contributed by atoms with van der Waals surface area (Å²) in [7, 11) is 0. The SMILES string of the molecule is CC[C@@H](Sc1nc2c(c(=O)[nH]1)CCCC2)C(=O)Nc1ccc(C(C)C)cc1. The van der Waals surface area contributed by atoms with Crippen LogP contribution in [-0.2, 0) is 17.6 Å². The van der Waals surface area contributed by atoms with Gasteiger partial charge in [0.2, 0.25) is 5.91 Å². The van der Waals surface area contributed by atoms with Gasteiger partial charge in [-0.3, -0.25) is 9.59 Å². The third kappa shape index (κ3) is 4.80. The van der Waals surface area contributed by atoms with Crippen molar-refractivity contribution in [3.05, 3.63) is 51.4 Å². The smallest absolute Gasteiger partial charge is 0.254 e. The van der Waals surface area contributed by atoms with Crippen LogP contribution in [0.25, 0.3) is 0 Å². The molecule has 0 radical (unpaired) electrons. The number of H-pyrrole nitrogens is 1. The van der Waals surface area contributed by atoms with Crippen molar-refractivity contribution in [2.75, 3.05) is 5.32 Å². The van der Waals surface area contributed by atoms with Crippen LogP contribution in [0.1, 0.15) is 62.8 Å². The summed E-state index contributed by atoms with van der Waals surface area (Å²) in [4.78, 5) is 32.4. The molecule has 6 heteroatoms. The van der Waals surface area contributed by atoms with E-state index in [9.17, 15) is 9.59 Å². The van der Waals surface area contributed by atoms with Crippen LogP contribution in [0.3, 0.4) is 0 Å². The molecule has 1 aliphatic rings. The van der Waals surface area contributed by atoms with Crippen LogP contribution in [0.15, 0.2) is 34.2 Å². The molecule has 0 unspecified atom stereocenters. The summed E-state index contributed by atoms with van der Waals surface area (Å²) in [5.41, 5.74) is 3.68. The Labute approximate surface area is 164 Å². The molecule has 1 atom stereocenters. The Bertz CT molecular complexity index is 859. The lowest BCUT2D eigenvalue weighted by atomic mass is 9.97. The molecule has 2 N–H and O–H groups in total. The molecule has 2 aromatic rings. The van der Waals surface area contributed by atoms with Crippen molar-refractivity contribution in [2.24, 2.45) is 0 Å². The van der Waals surface area contributed by atoms with Gasteiger partial charge in [-0.1, -0.05) is 44.7 Å². The van der Waals surface area contributed by atoms with E-state index in [1.54, 1.807) is 0 Å². The van der Waals surface area contributed by atoms with Crippen molar-refractivity contribution < 1.29 is 4.79 Å². The Balaban J connectivity index is 1.70. The van der Waals surface area contributed by atoms with Gasteiger partial charge in [-0.2, -0.15) is 0 Å². The van der Waals surface area contributed by atoms with Gasteiger partial charge in [0.05, 0.1) is 10.9 Å². The highest BCUT2D eigenvalue weighted by atomic mass is 32.2. The lowest BCUT2D eigenvalue weighted by Crippen LogP contribution is -2.26. The fraction of sp³-hybridized carbons (Fsp3) is 0.476. The quantitative estimate of drug-likeness (QED) is 0.575. The average Bonchev–Trinajstić information content (AvgIpc) is 2.66. The van der Waals surface area contributed by atoms with Crippen LogP contribution >= 0.6 is 11.8 Å². The number of anilines is 1. The van der Waals surface area contributed by atoms with Crippen LogP contribution < -0.4 is 10.9 Å². The number of carbonyl (C=O) groups is 1. The zero-order valence-electron chi connectivity index (χ0n) is 16.2. The highest BCUT2D eigenvalue weighted by Crippen LogP contribution is 2.25. The highest BCUT2D eigenvalue weighted by molar-refractivity contribution is 8.00. The summed E-state index contributed by atoms with van der Waals surface area (Å²) in [5, 5.41) is 3.21. The van der Waals surface area contributed by atoms with Crippen molar-refractivity contribution in [2.45, 2.75) is 69.2 Å². The Kier molecular flexibility index (Phi) is 6.37. The number of carbonyl (C=O) groups excluding carboxylic acids is 1. The number of hydrogen-bond donors (Lipinski definition) is 2. The normalized spacial score (nSPS) is 14.7. The maximum atomic E-state index is 12.7.